The Morgan fingerprint density at radius 1 is 1.07 bits per heavy atom. The molecule has 3 aromatic carbocycles. The molecule has 0 unspecified atom stereocenters. The topological polar surface area (TPSA) is 69.8 Å². The first kappa shape index (κ1) is 19.1. The molecule has 0 fully saturated rings. The summed E-state index contributed by atoms with van der Waals surface area (Å²) in [6.45, 7) is 1.96. The highest BCUT2D eigenvalue weighted by atomic mass is 35.5. The lowest BCUT2D eigenvalue weighted by Gasteiger charge is -2.10. The van der Waals surface area contributed by atoms with E-state index in [0.717, 1.165) is 33.7 Å². The van der Waals surface area contributed by atoms with Crippen molar-refractivity contribution in [1.82, 2.24) is 15.3 Å². The normalized spacial score (nSPS) is 10.7. The first-order valence-corrected chi connectivity index (χ1v) is 9.72. The third kappa shape index (κ3) is 4.29. The van der Waals surface area contributed by atoms with Crippen LogP contribution in [0.15, 0.2) is 66.7 Å². The molecule has 144 valence electrons. The van der Waals surface area contributed by atoms with Crippen molar-refractivity contribution < 1.29 is 4.79 Å². The van der Waals surface area contributed by atoms with Gasteiger partial charge in [0.1, 0.15) is 5.82 Å². The molecule has 0 aliphatic heterocycles. The van der Waals surface area contributed by atoms with E-state index in [1.54, 1.807) is 24.3 Å². The predicted octanol–water partition coefficient (Wildman–Crippen LogP) is 5.32. The summed E-state index contributed by atoms with van der Waals surface area (Å²) in [5, 5.41) is 6.62. The lowest BCUT2D eigenvalue weighted by atomic mass is 10.2. The van der Waals surface area contributed by atoms with Crippen LogP contribution in [-0.4, -0.2) is 21.0 Å². The van der Waals surface area contributed by atoms with E-state index in [-0.39, 0.29) is 11.0 Å². The van der Waals surface area contributed by atoms with Gasteiger partial charge in [-0.05, 0) is 73.2 Å². The number of benzene rings is 3. The van der Waals surface area contributed by atoms with Crippen LogP contribution in [0.1, 0.15) is 15.9 Å². The van der Waals surface area contributed by atoms with Gasteiger partial charge >= 0.3 is 0 Å². The minimum atomic E-state index is -0.254. The van der Waals surface area contributed by atoms with E-state index in [1.165, 1.54) is 0 Å². The fourth-order valence-electron chi connectivity index (χ4n) is 2.91. The van der Waals surface area contributed by atoms with Gasteiger partial charge in [-0.25, -0.2) is 4.98 Å². The molecular weight excluding hydrogens is 404 g/mol. The molecule has 4 aromatic rings. The van der Waals surface area contributed by atoms with Crippen molar-refractivity contribution >= 4 is 51.6 Å². The van der Waals surface area contributed by atoms with E-state index in [9.17, 15) is 4.79 Å². The molecule has 29 heavy (non-hydrogen) atoms. The molecule has 0 atom stereocenters. The van der Waals surface area contributed by atoms with Crippen molar-refractivity contribution in [2.45, 2.75) is 6.92 Å². The molecule has 0 radical (unpaired) electrons. The molecule has 0 spiro atoms. The molecule has 1 heterocycles. The summed E-state index contributed by atoms with van der Waals surface area (Å²) in [5.41, 5.74) is 5.01. The maximum Gasteiger partial charge on any atom is 0.257 e. The Kier molecular flexibility index (Phi) is 5.29. The van der Waals surface area contributed by atoms with Gasteiger partial charge in [0, 0.05) is 21.8 Å². The Morgan fingerprint density at radius 2 is 1.79 bits per heavy atom. The number of halogens is 1. The number of hydrogen-bond donors (Lipinski definition) is 3. The van der Waals surface area contributed by atoms with E-state index < -0.39 is 0 Å². The van der Waals surface area contributed by atoms with Crippen LogP contribution in [0.4, 0.5) is 5.69 Å². The van der Waals surface area contributed by atoms with Crippen molar-refractivity contribution in [2.24, 2.45) is 0 Å². The minimum Gasteiger partial charge on any atom is -0.338 e. The first-order chi connectivity index (χ1) is 14.0. The van der Waals surface area contributed by atoms with Crippen molar-refractivity contribution in [2.75, 3.05) is 5.32 Å². The van der Waals surface area contributed by atoms with Gasteiger partial charge in [-0.15, -0.1) is 0 Å². The van der Waals surface area contributed by atoms with E-state index >= 15 is 0 Å². The van der Waals surface area contributed by atoms with Crippen LogP contribution >= 0.6 is 23.8 Å². The second-order valence-electron chi connectivity index (χ2n) is 6.56. The van der Waals surface area contributed by atoms with Crippen LogP contribution in [0.3, 0.4) is 0 Å². The average molecular weight is 421 g/mol. The van der Waals surface area contributed by atoms with E-state index in [2.05, 4.69) is 20.6 Å². The highest BCUT2D eigenvalue weighted by Gasteiger charge is 2.09. The zero-order valence-corrected chi connectivity index (χ0v) is 17.1. The van der Waals surface area contributed by atoms with E-state index in [1.807, 2.05) is 49.4 Å². The number of H-pyrrole nitrogens is 1. The summed E-state index contributed by atoms with van der Waals surface area (Å²) in [5.74, 6) is 0.504. The number of thiocarbonyl (C=S) groups is 1. The minimum absolute atomic E-state index is 0.237. The second kappa shape index (κ2) is 8.03. The van der Waals surface area contributed by atoms with Crippen molar-refractivity contribution in [1.29, 1.82) is 0 Å². The second-order valence-corrected chi connectivity index (χ2v) is 7.37. The number of aryl methyl sites for hydroxylation is 1. The number of aromatic amines is 1. The molecule has 0 aliphatic rings. The highest BCUT2D eigenvalue weighted by Crippen LogP contribution is 2.26. The summed E-state index contributed by atoms with van der Waals surface area (Å²) in [6, 6.07) is 20.4. The van der Waals surface area contributed by atoms with Crippen molar-refractivity contribution in [3.8, 4) is 11.4 Å². The molecule has 7 heteroatoms. The quantitative estimate of drug-likeness (QED) is 0.392. The number of amides is 1. The predicted molar refractivity (Wildman–Crippen MR) is 121 cm³/mol. The largest absolute Gasteiger partial charge is 0.338 e. The summed E-state index contributed by atoms with van der Waals surface area (Å²) < 4.78 is 0. The smallest absolute Gasteiger partial charge is 0.257 e. The van der Waals surface area contributed by atoms with Crippen LogP contribution in [-0.2, 0) is 0 Å². The Balaban J connectivity index is 1.45. The zero-order chi connectivity index (χ0) is 20.4. The standard InChI is InChI=1S/C22H17ClN4OS/c1-13-11-18-19(12-17(13)23)26-20(25-18)14-7-9-16(10-8-14)24-22(29)27-21(28)15-5-3-2-4-6-15/h2-12H,1H3,(H,25,26)(H2,24,27,28,29). The number of anilines is 1. The Morgan fingerprint density at radius 3 is 2.52 bits per heavy atom. The molecule has 1 amide bonds. The molecule has 0 bridgehead atoms. The zero-order valence-electron chi connectivity index (χ0n) is 15.5. The number of aromatic nitrogens is 2. The lowest BCUT2D eigenvalue weighted by molar-refractivity contribution is 0.0977. The molecular formula is C22H17ClN4OS. The summed E-state index contributed by atoms with van der Waals surface area (Å²) in [4.78, 5) is 20.1. The van der Waals surface area contributed by atoms with Gasteiger partial charge in [-0.1, -0.05) is 29.8 Å². The van der Waals surface area contributed by atoms with Crippen LogP contribution < -0.4 is 10.6 Å². The molecule has 0 saturated heterocycles. The summed E-state index contributed by atoms with van der Waals surface area (Å²) >= 11 is 11.4. The maximum absolute atomic E-state index is 12.2. The van der Waals surface area contributed by atoms with Crippen molar-refractivity contribution in [3.05, 3.63) is 82.9 Å². The Hall–Kier alpha value is -3.22. The number of nitrogens with zero attached hydrogens (tertiary/aromatic N) is 1. The monoisotopic (exact) mass is 420 g/mol. The Bertz CT molecular complexity index is 1160. The number of carbonyl (C=O) groups excluding carboxylic acids is 1. The number of rotatable bonds is 3. The fraction of sp³-hybridized carbons (Fsp3) is 0.0455. The highest BCUT2D eigenvalue weighted by molar-refractivity contribution is 7.80. The lowest BCUT2D eigenvalue weighted by Crippen LogP contribution is -2.34. The third-order valence-electron chi connectivity index (χ3n) is 4.44. The van der Waals surface area contributed by atoms with Crippen molar-refractivity contribution in [3.63, 3.8) is 0 Å². The molecule has 3 N–H and O–H groups in total. The van der Waals surface area contributed by atoms with E-state index in [4.69, 9.17) is 23.8 Å². The van der Waals surface area contributed by atoms with Gasteiger partial charge < -0.3 is 10.3 Å². The van der Waals surface area contributed by atoms with E-state index in [0.29, 0.717) is 10.6 Å². The van der Waals surface area contributed by atoms with Gasteiger partial charge in [0.25, 0.3) is 5.91 Å². The number of nitrogens with one attached hydrogen (secondary N) is 3. The molecule has 1 aromatic heterocycles. The summed E-state index contributed by atoms with van der Waals surface area (Å²) in [6.07, 6.45) is 0. The Labute approximate surface area is 178 Å². The van der Waals surface area contributed by atoms with Crippen LogP contribution in [0, 0.1) is 6.92 Å². The van der Waals surface area contributed by atoms with Crippen LogP contribution in [0.25, 0.3) is 22.4 Å². The number of hydrogen-bond acceptors (Lipinski definition) is 3. The summed E-state index contributed by atoms with van der Waals surface area (Å²) in [7, 11) is 0. The van der Waals surface area contributed by atoms with Gasteiger partial charge in [-0.2, -0.15) is 0 Å². The van der Waals surface area contributed by atoms with Crippen LogP contribution in [0.2, 0.25) is 5.02 Å². The molecule has 0 aliphatic carbocycles. The van der Waals surface area contributed by atoms with Crippen LogP contribution in [0.5, 0.6) is 0 Å². The third-order valence-corrected chi connectivity index (χ3v) is 5.05. The number of imidazole rings is 1. The molecule has 5 nitrogen and oxygen atoms in total. The first-order valence-electron chi connectivity index (χ1n) is 8.93. The SMILES string of the molecule is Cc1cc2[nH]c(-c3ccc(NC(=S)NC(=O)c4ccccc4)cc3)nc2cc1Cl. The van der Waals surface area contributed by atoms with Gasteiger partial charge in [0.2, 0.25) is 0 Å². The fourth-order valence-corrected chi connectivity index (χ4v) is 3.28. The average Bonchev–Trinajstić information content (AvgIpc) is 3.12. The van der Waals surface area contributed by atoms with Gasteiger partial charge in [-0.3, -0.25) is 10.1 Å². The number of carbonyl (C=O) groups is 1. The molecule has 4 rings (SSSR count). The number of fused-ring (bicyclic) bond motifs is 1. The maximum atomic E-state index is 12.2. The van der Waals surface area contributed by atoms with Gasteiger partial charge in [0.15, 0.2) is 5.11 Å². The van der Waals surface area contributed by atoms with Gasteiger partial charge in [0.05, 0.1) is 11.0 Å². The molecule has 0 saturated carbocycles.